The second kappa shape index (κ2) is 11.0. The highest BCUT2D eigenvalue weighted by molar-refractivity contribution is 7.09. The van der Waals surface area contributed by atoms with Crippen molar-refractivity contribution in [1.82, 2.24) is 30.2 Å². The third-order valence-corrected chi connectivity index (χ3v) is 6.19. The number of carbonyl (C=O) groups is 2. The van der Waals surface area contributed by atoms with Crippen LogP contribution in [0.5, 0.6) is 0 Å². The van der Waals surface area contributed by atoms with Crippen LogP contribution in [0.25, 0.3) is 11.0 Å². The van der Waals surface area contributed by atoms with Gasteiger partial charge in [0.2, 0.25) is 0 Å². The smallest absolute Gasteiger partial charge is 0.410 e. The first-order chi connectivity index (χ1) is 17.6. The van der Waals surface area contributed by atoms with Gasteiger partial charge in [0.15, 0.2) is 0 Å². The van der Waals surface area contributed by atoms with E-state index < -0.39 is 23.4 Å². The van der Waals surface area contributed by atoms with Gasteiger partial charge >= 0.3 is 6.09 Å². The predicted octanol–water partition coefficient (Wildman–Crippen LogP) is 4.77. The first-order valence-electron chi connectivity index (χ1n) is 11.8. The number of rotatable bonds is 8. The molecular formula is C26H29FN6O3S. The third kappa shape index (κ3) is 7.10. The molecule has 4 rings (SSSR count). The summed E-state index contributed by atoms with van der Waals surface area (Å²) < 4.78 is 19.5. The van der Waals surface area contributed by atoms with Gasteiger partial charge in [-0.2, -0.15) is 0 Å². The summed E-state index contributed by atoms with van der Waals surface area (Å²) >= 11 is 1.32. The van der Waals surface area contributed by atoms with Crippen LogP contribution in [0.4, 0.5) is 9.18 Å². The number of para-hydroxylation sites is 2. The molecule has 9 nitrogen and oxygen atoms in total. The van der Waals surface area contributed by atoms with Crippen molar-refractivity contribution in [1.29, 1.82) is 0 Å². The van der Waals surface area contributed by atoms with Gasteiger partial charge in [-0.05, 0) is 52.0 Å². The SMILES string of the molecule is Cc1ccc(F)c(CNC(=O)c2csc(CCN(Cc3nc4ccccc4[nH]3)C(=O)OC(C)(C)C)n2)n1. The lowest BCUT2D eigenvalue weighted by molar-refractivity contribution is 0.0231. The minimum absolute atomic E-state index is 0.0386. The highest BCUT2D eigenvalue weighted by Gasteiger charge is 2.24. The van der Waals surface area contributed by atoms with Crippen LogP contribution >= 0.6 is 11.3 Å². The van der Waals surface area contributed by atoms with Gasteiger partial charge in [0.05, 0.1) is 34.8 Å². The maximum absolute atomic E-state index is 13.9. The molecule has 0 atom stereocenters. The van der Waals surface area contributed by atoms with Crippen molar-refractivity contribution in [3.8, 4) is 0 Å². The molecule has 2 N–H and O–H groups in total. The fourth-order valence-electron chi connectivity index (χ4n) is 3.56. The van der Waals surface area contributed by atoms with E-state index in [-0.39, 0.29) is 24.5 Å². The first kappa shape index (κ1) is 26.2. The van der Waals surface area contributed by atoms with Crippen LogP contribution in [0.2, 0.25) is 0 Å². The number of benzene rings is 1. The number of hydrogen-bond donors (Lipinski definition) is 2. The van der Waals surface area contributed by atoms with Gasteiger partial charge in [-0.25, -0.2) is 19.2 Å². The molecule has 0 unspecified atom stereocenters. The standard InChI is InChI=1S/C26H29FN6O3S/c1-16-9-10-17(27)20(29-16)13-28-24(34)21-15-37-23(32-21)11-12-33(25(35)36-26(2,3)4)14-22-30-18-7-5-6-8-19(18)31-22/h5-10,15H,11-14H2,1-4H3,(H,28,34)(H,30,31). The van der Waals surface area contributed by atoms with E-state index in [1.54, 1.807) is 23.3 Å². The second-order valence-corrected chi connectivity index (χ2v) is 10.5. The summed E-state index contributed by atoms with van der Waals surface area (Å²) in [6.07, 6.45) is -0.0407. The van der Waals surface area contributed by atoms with Gasteiger partial charge < -0.3 is 19.9 Å². The van der Waals surface area contributed by atoms with Crippen LogP contribution in [0, 0.1) is 12.7 Å². The zero-order valence-corrected chi connectivity index (χ0v) is 22.0. The number of hydrogen-bond acceptors (Lipinski definition) is 7. The molecule has 0 aliphatic rings. The fraction of sp³-hybridized carbons (Fsp3) is 0.346. The molecular weight excluding hydrogens is 495 g/mol. The summed E-state index contributed by atoms with van der Waals surface area (Å²) in [5.41, 5.74) is 2.12. The zero-order valence-electron chi connectivity index (χ0n) is 21.2. The Balaban J connectivity index is 1.40. The van der Waals surface area contributed by atoms with Crippen molar-refractivity contribution in [3.05, 3.63) is 75.5 Å². The van der Waals surface area contributed by atoms with E-state index in [2.05, 4.69) is 25.3 Å². The highest BCUT2D eigenvalue weighted by Crippen LogP contribution is 2.17. The summed E-state index contributed by atoms with van der Waals surface area (Å²) in [7, 11) is 0. The van der Waals surface area contributed by atoms with E-state index >= 15 is 0 Å². The van der Waals surface area contributed by atoms with Gasteiger partial charge in [-0.15, -0.1) is 11.3 Å². The number of thiazole rings is 1. The molecule has 1 aromatic carbocycles. The Kier molecular flexibility index (Phi) is 7.82. The molecule has 0 radical (unpaired) electrons. The van der Waals surface area contributed by atoms with E-state index in [9.17, 15) is 14.0 Å². The normalized spacial score (nSPS) is 11.5. The Hall–Kier alpha value is -3.86. The number of nitrogens with zero attached hydrogens (tertiary/aromatic N) is 4. The molecule has 0 aliphatic carbocycles. The molecule has 3 aromatic heterocycles. The lowest BCUT2D eigenvalue weighted by atomic mass is 10.2. The number of aromatic nitrogens is 4. The molecule has 0 fully saturated rings. The maximum Gasteiger partial charge on any atom is 0.410 e. The van der Waals surface area contributed by atoms with E-state index in [0.717, 1.165) is 11.0 Å². The highest BCUT2D eigenvalue weighted by atomic mass is 32.1. The third-order valence-electron chi connectivity index (χ3n) is 5.28. The Morgan fingerprint density at radius 1 is 1.14 bits per heavy atom. The number of aromatic amines is 1. The summed E-state index contributed by atoms with van der Waals surface area (Å²) in [5, 5.41) is 4.98. The lowest BCUT2D eigenvalue weighted by Gasteiger charge is -2.26. The number of ether oxygens (including phenoxy) is 1. The number of pyridine rings is 1. The summed E-state index contributed by atoms with van der Waals surface area (Å²) in [5.74, 6) is -0.253. The zero-order chi connectivity index (χ0) is 26.6. The number of halogens is 1. The largest absolute Gasteiger partial charge is 0.444 e. The number of imidazole rings is 1. The van der Waals surface area contributed by atoms with Crippen LogP contribution in [0.1, 0.15) is 53.5 Å². The van der Waals surface area contributed by atoms with Crippen molar-refractivity contribution < 1.29 is 18.7 Å². The number of aryl methyl sites for hydroxylation is 1. The maximum atomic E-state index is 13.9. The van der Waals surface area contributed by atoms with Crippen LogP contribution in [0.15, 0.2) is 41.8 Å². The van der Waals surface area contributed by atoms with Crippen LogP contribution < -0.4 is 5.32 Å². The minimum atomic E-state index is -0.652. The van der Waals surface area contributed by atoms with Gasteiger partial charge in [0.1, 0.15) is 22.9 Å². The van der Waals surface area contributed by atoms with Gasteiger partial charge in [-0.1, -0.05) is 12.1 Å². The quantitative estimate of drug-likeness (QED) is 0.343. The van der Waals surface area contributed by atoms with Crippen LogP contribution in [-0.2, 0) is 24.2 Å². The Morgan fingerprint density at radius 3 is 2.68 bits per heavy atom. The molecule has 0 aliphatic heterocycles. The molecule has 194 valence electrons. The van der Waals surface area contributed by atoms with E-state index in [4.69, 9.17) is 4.74 Å². The molecule has 3 heterocycles. The van der Waals surface area contributed by atoms with Crippen molar-refractivity contribution in [2.24, 2.45) is 0 Å². The average molecular weight is 525 g/mol. The van der Waals surface area contributed by atoms with E-state index in [1.807, 2.05) is 45.0 Å². The monoisotopic (exact) mass is 524 g/mol. The topological polar surface area (TPSA) is 113 Å². The first-order valence-corrected chi connectivity index (χ1v) is 12.7. The molecule has 2 amide bonds. The van der Waals surface area contributed by atoms with Crippen LogP contribution in [0.3, 0.4) is 0 Å². The molecule has 0 saturated heterocycles. The molecule has 0 bridgehead atoms. The molecule has 4 aromatic rings. The number of carbonyl (C=O) groups excluding carboxylic acids is 2. The number of amides is 2. The number of nitrogens with one attached hydrogen (secondary N) is 2. The summed E-state index contributed by atoms with van der Waals surface area (Å²) in [4.78, 5) is 43.4. The lowest BCUT2D eigenvalue weighted by Crippen LogP contribution is -2.38. The number of H-pyrrole nitrogens is 1. The summed E-state index contributed by atoms with van der Waals surface area (Å²) in [6.45, 7) is 7.71. The van der Waals surface area contributed by atoms with E-state index in [0.29, 0.717) is 29.5 Å². The molecule has 0 saturated carbocycles. The Morgan fingerprint density at radius 2 is 1.92 bits per heavy atom. The minimum Gasteiger partial charge on any atom is -0.444 e. The average Bonchev–Trinajstić information content (AvgIpc) is 3.47. The van der Waals surface area contributed by atoms with Crippen molar-refractivity contribution >= 4 is 34.4 Å². The van der Waals surface area contributed by atoms with Gasteiger partial charge in [-0.3, -0.25) is 9.78 Å². The van der Waals surface area contributed by atoms with E-state index in [1.165, 1.54) is 17.4 Å². The Labute approximate surface area is 218 Å². The van der Waals surface area contributed by atoms with Gasteiger partial charge in [0.25, 0.3) is 5.91 Å². The van der Waals surface area contributed by atoms with Crippen molar-refractivity contribution in [2.45, 2.75) is 52.8 Å². The second-order valence-electron chi connectivity index (χ2n) is 9.54. The van der Waals surface area contributed by atoms with Gasteiger partial charge in [0, 0.05) is 24.0 Å². The molecule has 37 heavy (non-hydrogen) atoms. The Bertz CT molecular complexity index is 1380. The van der Waals surface area contributed by atoms with Crippen molar-refractivity contribution in [2.75, 3.05) is 6.54 Å². The predicted molar refractivity (Wildman–Crippen MR) is 139 cm³/mol. The molecule has 0 spiro atoms. The van der Waals surface area contributed by atoms with Crippen LogP contribution in [-0.4, -0.2) is 49.0 Å². The molecule has 11 heteroatoms. The fourth-order valence-corrected chi connectivity index (χ4v) is 4.32. The number of fused-ring (bicyclic) bond motifs is 1. The summed E-state index contributed by atoms with van der Waals surface area (Å²) in [6, 6.07) is 10.5. The van der Waals surface area contributed by atoms with Crippen molar-refractivity contribution in [3.63, 3.8) is 0 Å².